The van der Waals surface area contributed by atoms with Crippen LogP contribution >= 0.6 is 11.6 Å². The molecule has 1 amide bonds. The Balaban J connectivity index is 1.57. The van der Waals surface area contributed by atoms with E-state index < -0.39 is 0 Å². The number of nitrogens with zero attached hydrogens (tertiary/aromatic N) is 1. The quantitative estimate of drug-likeness (QED) is 0.634. The summed E-state index contributed by atoms with van der Waals surface area (Å²) in [4.78, 5) is 16.5. The maximum Gasteiger partial charge on any atom is 0.252 e. The van der Waals surface area contributed by atoms with Crippen LogP contribution in [0.5, 0.6) is 5.75 Å². The lowest BCUT2D eigenvalue weighted by atomic mass is 10.1. The highest BCUT2D eigenvalue weighted by atomic mass is 35.5. The number of ether oxygens (including phenoxy) is 1. The van der Waals surface area contributed by atoms with Crippen molar-refractivity contribution in [1.82, 2.24) is 10.3 Å². The zero-order valence-corrected chi connectivity index (χ0v) is 15.7. The van der Waals surface area contributed by atoms with Gasteiger partial charge in [0, 0.05) is 23.5 Å². The number of methoxy groups -OCH3 is 1. The van der Waals surface area contributed by atoms with Crippen molar-refractivity contribution in [3.05, 3.63) is 83.1 Å². The standard InChI is InChI=1S/C21H20ClN3O2/c1-27-20-4-2-3-15(11-20)9-10-24-21(26)16-12-19(14-23-13-16)25-18-7-5-17(22)6-8-18/h2-8,11-14,25H,9-10H2,1H3,(H,24,26). The van der Waals surface area contributed by atoms with Gasteiger partial charge in [0.2, 0.25) is 0 Å². The number of aromatic nitrogens is 1. The largest absolute Gasteiger partial charge is 0.497 e. The van der Waals surface area contributed by atoms with Crippen LogP contribution in [0.15, 0.2) is 67.0 Å². The van der Waals surface area contributed by atoms with E-state index >= 15 is 0 Å². The van der Waals surface area contributed by atoms with Crippen molar-refractivity contribution < 1.29 is 9.53 Å². The van der Waals surface area contributed by atoms with Gasteiger partial charge in [0.15, 0.2) is 0 Å². The van der Waals surface area contributed by atoms with Crippen LogP contribution < -0.4 is 15.4 Å². The number of rotatable bonds is 7. The van der Waals surface area contributed by atoms with E-state index in [-0.39, 0.29) is 5.91 Å². The van der Waals surface area contributed by atoms with E-state index in [2.05, 4.69) is 15.6 Å². The fourth-order valence-electron chi connectivity index (χ4n) is 2.58. The number of nitrogens with one attached hydrogen (secondary N) is 2. The molecule has 27 heavy (non-hydrogen) atoms. The van der Waals surface area contributed by atoms with Crippen molar-refractivity contribution in [2.24, 2.45) is 0 Å². The molecule has 0 saturated carbocycles. The predicted octanol–water partition coefficient (Wildman–Crippen LogP) is 4.46. The maximum absolute atomic E-state index is 12.4. The molecule has 6 heteroatoms. The van der Waals surface area contributed by atoms with Gasteiger partial charge in [-0.05, 0) is 54.4 Å². The number of pyridine rings is 1. The van der Waals surface area contributed by atoms with Gasteiger partial charge in [0.05, 0.1) is 24.6 Å². The highest BCUT2D eigenvalue weighted by Gasteiger charge is 2.07. The van der Waals surface area contributed by atoms with E-state index in [0.717, 1.165) is 29.1 Å². The molecule has 5 nitrogen and oxygen atoms in total. The van der Waals surface area contributed by atoms with Gasteiger partial charge in [-0.15, -0.1) is 0 Å². The van der Waals surface area contributed by atoms with Gasteiger partial charge in [-0.25, -0.2) is 0 Å². The second kappa shape index (κ2) is 9.05. The summed E-state index contributed by atoms with van der Waals surface area (Å²) in [5.41, 5.74) is 3.21. The minimum Gasteiger partial charge on any atom is -0.497 e. The summed E-state index contributed by atoms with van der Waals surface area (Å²) in [6, 6.07) is 16.9. The molecule has 3 rings (SSSR count). The summed E-state index contributed by atoms with van der Waals surface area (Å²) in [6.45, 7) is 0.529. The smallest absolute Gasteiger partial charge is 0.252 e. The Morgan fingerprint density at radius 1 is 1.07 bits per heavy atom. The Labute approximate surface area is 163 Å². The molecule has 1 aromatic heterocycles. The molecule has 0 unspecified atom stereocenters. The van der Waals surface area contributed by atoms with Crippen LogP contribution in [-0.2, 0) is 6.42 Å². The van der Waals surface area contributed by atoms with Crippen molar-refractivity contribution in [3.8, 4) is 5.75 Å². The van der Waals surface area contributed by atoms with Crippen molar-refractivity contribution in [2.75, 3.05) is 19.0 Å². The highest BCUT2D eigenvalue weighted by Crippen LogP contribution is 2.19. The molecule has 0 aliphatic rings. The monoisotopic (exact) mass is 381 g/mol. The lowest BCUT2D eigenvalue weighted by Crippen LogP contribution is -2.25. The SMILES string of the molecule is COc1cccc(CCNC(=O)c2cncc(Nc3ccc(Cl)cc3)c2)c1. The zero-order valence-electron chi connectivity index (χ0n) is 14.9. The normalized spacial score (nSPS) is 10.3. The number of halogens is 1. The number of anilines is 2. The Kier molecular flexibility index (Phi) is 6.28. The minimum absolute atomic E-state index is 0.162. The first-order chi connectivity index (χ1) is 13.1. The summed E-state index contributed by atoms with van der Waals surface area (Å²) in [5.74, 6) is 0.647. The molecule has 3 aromatic rings. The van der Waals surface area contributed by atoms with Crippen molar-refractivity contribution in [2.45, 2.75) is 6.42 Å². The van der Waals surface area contributed by atoms with Crippen LogP contribution in [0.1, 0.15) is 15.9 Å². The summed E-state index contributed by atoms with van der Waals surface area (Å²) in [6.07, 6.45) is 3.94. The summed E-state index contributed by atoms with van der Waals surface area (Å²) < 4.78 is 5.21. The average molecular weight is 382 g/mol. The second-order valence-electron chi connectivity index (χ2n) is 5.95. The van der Waals surface area contributed by atoms with E-state index in [1.807, 2.05) is 36.4 Å². The van der Waals surface area contributed by atoms with E-state index in [0.29, 0.717) is 17.1 Å². The van der Waals surface area contributed by atoms with Crippen LogP contribution in [0.2, 0.25) is 5.02 Å². The van der Waals surface area contributed by atoms with E-state index in [9.17, 15) is 4.79 Å². The molecule has 2 N–H and O–H groups in total. The fraction of sp³-hybridized carbons (Fsp3) is 0.143. The number of amides is 1. The van der Waals surface area contributed by atoms with Gasteiger partial charge in [0.1, 0.15) is 5.75 Å². The van der Waals surface area contributed by atoms with Gasteiger partial charge in [-0.3, -0.25) is 9.78 Å². The first-order valence-electron chi connectivity index (χ1n) is 8.53. The van der Waals surface area contributed by atoms with Crippen LogP contribution in [0, 0.1) is 0 Å². The van der Waals surface area contributed by atoms with Crippen LogP contribution in [0.4, 0.5) is 11.4 Å². The van der Waals surface area contributed by atoms with Crippen LogP contribution in [0.25, 0.3) is 0 Å². The highest BCUT2D eigenvalue weighted by molar-refractivity contribution is 6.30. The first kappa shape index (κ1) is 18.7. The van der Waals surface area contributed by atoms with Gasteiger partial charge in [0.25, 0.3) is 5.91 Å². The van der Waals surface area contributed by atoms with Gasteiger partial charge in [-0.1, -0.05) is 23.7 Å². The Morgan fingerprint density at radius 2 is 1.89 bits per heavy atom. The number of hydrogen-bond acceptors (Lipinski definition) is 4. The molecule has 138 valence electrons. The molecular weight excluding hydrogens is 362 g/mol. The number of carbonyl (C=O) groups excluding carboxylic acids is 1. The Morgan fingerprint density at radius 3 is 2.67 bits per heavy atom. The molecule has 0 aliphatic heterocycles. The van der Waals surface area contributed by atoms with Crippen LogP contribution in [-0.4, -0.2) is 24.5 Å². The first-order valence-corrected chi connectivity index (χ1v) is 8.90. The molecule has 0 fully saturated rings. The van der Waals surface area contributed by atoms with E-state index in [1.54, 1.807) is 37.7 Å². The summed E-state index contributed by atoms with van der Waals surface area (Å²) in [7, 11) is 1.64. The molecule has 1 heterocycles. The molecule has 0 aliphatic carbocycles. The average Bonchev–Trinajstić information content (AvgIpc) is 2.70. The molecule has 0 radical (unpaired) electrons. The van der Waals surface area contributed by atoms with Crippen molar-refractivity contribution >= 4 is 28.9 Å². The van der Waals surface area contributed by atoms with Gasteiger partial charge < -0.3 is 15.4 Å². The Hall–Kier alpha value is -3.05. The molecule has 0 spiro atoms. The lowest BCUT2D eigenvalue weighted by molar-refractivity contribution is 0.0954. The summed E-state index contributed by atoms with van der Waals surface area (Å²) >= 11 is 5.89. The zero-order chi connectivity index (χ0) is 19.1. The number of benzene rings is 2. The van der Waals surface area contributed by atoms with E-state index in [1.165, 1.54) is 0 Å². The van der Waals surface area contributed by atoms with Crippen molar-refractivity contribution in [1.29, 1.82) is 0 Å². The van der Waals surface area contributed by atoms with Crippen LogP contribution in [0.3, 0.4) is 0 Å². The third-order valence-electron chi connectivity index (χ3n) is 3.97. The maximum atomic E-state index is 12.4. The minimum atomic E-state index is -0.162. The third-order valence-corrected chi connectivity index (χ3v) is 4.22. The fourth-order valence-corrected chi connectivity index (χ4v) is 2.71. The van der Waals surface area contributed by atoms with Gasteiger partial charge >= 0.3 is 0 Å². The number of carbonyl (C=O) groups is 1. The molecular formula is C21H20ClN3O2. The third kappa shape index (κ3) is 5.46. The summed E-state index contributed by atoms with van der Waals surface area (Å²) in [5, 5.41) is 6.79. The lowest BCUT2D eigenvalue weighted by Gasteiger charge is -2.09. The van der Waals surface area contributed by atoms with E-state index in [4.69, 9.17) is 16.3 Å². The molecule has 2 aromatic carbocycles. The van der Waals surface area contributed by atoms with Gasteiger partial charge in [-0.2, -0.15) is 0 Å². The Bertz CT molecular complexity index is 913. The molecule has 0 bridgehead atoms. The topological polar surface area (TPSA) is 63.2 Å². The number of hydrogen-bond donors (Lipinski definition) is 2. The predicted molar refractivity (Wildman–Crippen MR) is 108 cm³/mol. The molecule has 0 saturated heterocycles. The van der Waals surface area contributed by atoms with Crippen molar-refractivity contribution in [3.63, 3.8) is 0 Å². The molecule has 0 atom stereocenters. The second-order valence-corrected chi connectivity index (χ2v) is 6.39.